The number of allylic oxidation sites excluding steroid dienone is 4. The predicted molar refractivity (Wildman–Crippen MR) is 38.9 cm³/mol. The maximum atomic E-state index is 12.5. The summed E-state index contributed by atoms with van der Waals surface area (Å²) in [4.78, 5) is 0. The highest BCUT2D eigenvalue weighted by molar-refractivity contribution is 5.14. The second kappa shape index (κ2) is 4.20. The van der Waals surface area contributed by atoms with Crippen LogP contribution >= 0.6 is 0 Å². The van der Waals surface area contributed by atoms with E-state index in [1.165, 1.54) is 13.0 Å². The van der Waals surface area contributed by atoms with Gasteiger partial charge in [0, 0.05) is 12.0 Å². The largest absolute Gasteiger partial charge is 0.211 e. The third kappa shape index (κ3) is 3.38. The Morgan fingerprint density at radius 2 is 1.80 bits per heavy atom. The first kappa shape index (κ1) is 9.34. The maximum Gasteiger partial charge on any atom is 0.121 e. The second-order valence-corrected chi connectivity index (χ2v) is 2.36. The summed E-state index contributed by atoms with van der Waals surface area (Å²) in [5.41, 5.74) is 0. The Hall–Kier alpha value is -0.660. The minimum absolute atomic E-state index is 0.231. The number of hydrogen-bond donors (Lipinski definition) is 0. The van der Waals surface area contributed by atoms with Gasteiger partial charge in [-0.2, -0.15) is 0 Å². The molecule has 0 heterocycles. The molecule has 0 nitrogen and oxygen atoms in total. The van der Waals surface area contributed by atoms with E-state index in [1.54, 1.807) is 13.8 Å². The van der Waals surface area contributed by atoms with Gasteiger partial charge in [-0.1, -0.05) is 19.9 Å². The number of hydrogen-bond acceptors (Lipinski definition) is 0. The van der Waals surface area contributed by atoms with Crippen molar-refractivity contribution in [1.82, 2.24) is 0 Å². The molecule has 10 heavy (non-hydrogen) atoms. The molecule has 0 aromatic rings. The summed E-state index contributed by atoms with van der Waals surface area (Å²) in [6.45, 7) is 4.88. The van der Waals surface area contributed by atoms with Gasteiger partial charge in [0.05, 0.1) is 0 Å². The van der Waals surface area contributed by atoms with Crippen LogP contribution < -0.4 is 0 Å². The second-order valence-electron chi connectivity index (χ2n) is 2.36. The molecule has 0 aliphatic carbocycles. The molecule has 0 saturated carbocycles. The van der Waals surface area contributed by atoms with Gasteiger partial charge in [0.15, 0.2) is 0 Å². The van der Waals surface area contributed by atoms with Crippen LogP contribution in [0.25, 0.3) is 0 Å². The monoisotopic (exact) mass is 146 g/mol. The topological polar surface area (TPSA) is 0 Å². The molecule has 0 aromatic carbocycles. The van der Waals surface area contributed by atoms with Crippen molar-refractivity contribution in [2.45, 2.75) is 20.8 Å². The van der Waals surface area contributed by atoms with Crippen molar-refractivity contribution in [2.24, 2.45) is 5.92 Å². The fraction of sp³-hybridized carbons (Fsp3) is 0.500. The molecule has 0 unspecified atom stereocenters. The summed E-state index contributed by atoms with van der Waals surface area (Å²) in [7, 11) is 0. The third-order valence-electron chi connectivity index (χ3n) is 1.10. The van der Waals surface area contributed by atoms with Crippen LogP contribution in [0, 0.1) is 5.92 Å². The molecule has 2 heteroatoms. The van der Waals surface area contributed by atoms with Crippen molar-refractivity contribution in [2.75, 3.05) is 0 Å². The van der Waals surface area contributed by atoms with Gasteiger partial charge in [-0.3, -0.25) is 0 Å². The molecular formula is C8H12F2. The number of rotatable bonds is 2. The van der Waals surface area contributed by atoms with E-state index in [0.29, 0.717) is 0 Å². The first-order chi connectivity index (χ1) is 4.57. The van der Waals surface area contributed by atoms with E-state index in [2.05, 4.69) is 0 Å². The van der Waals surface area contributed by atoms with Crippen molar-refractivity contribution in [3.8, 4) is 0 Å². The fourth-order valence-electron chi connectivity index (χ4n) is 0.382. The third-order valence-corrected chi connectivity index (χ3v) is 1.10. The van der Waals surface area contributed by atoms with Crippen LogP contribution in [0.4, 0.5) is 8.78 Å². The first-order valence-electron chi connectivity index (χ1n) is 3.26. The van der Waals surface area contributed by atoms with Crippen LogP contribution in [0.3, 0.4) is 0 Å². The number of halogens is 2. The van der Waals surface area contributed by atoms with Crippen molar-refractivity contribution in [3.63, 3.8) is 0 Å². The Labute approximate surface area is 60.2 Å². The van der Waals surface area contributed by atoms with E-state index in [0.717, 1.165) is 6.08 Å². The molecular weight excluding hydrogens is 134 g/mol. The molecule has 0 fully saturated rings. The zero-order chi connectivity index (χ0) is 8.15. The van der Waals surface area contributed by atoms with E-state index in [4.69, 9.17) is 0 Å². The molecule has 58 valence electrons. The van der Waals surface area contributed by atoms with Crippen LogP contribution in [-0.4, -0.2) is 0 Å². The highest BCUT2D eigenvalue weighted by Crippen LogP contribution is 2.13. The Morgan fingerprint density at radius 3 is 2.10 bits per heavy atom. The van der Waals surface area contributed by atoms with Gasteiger partial charge in [0.25, 0.3) is 0 Å². The van der Waals surface area contributed by atoms with Gasteiger partial charge >= 0.3 is 0 Å². The summed E-state index contributed by atoms with van der Waals surface area (Å²) in [6, 6.07) is 0. The Balaban J connectivity index is 4.17. The van der Waals surface area contributed by atoms with Crippen molar-refractivity contribution < 1.29 is 8.78 Å². The predicted octanol–water partition coefficient (Wildman–Crippen LogP) is 3.37. The summed E-state index contributed by atoms with van der Waals surface area (Å²) in [5.74, 6) is -1.17. The van der Waals surface area contributed by atoms with Gasteiger partial charge in [-0.15, -0.1) is 0 Å². The normalized spacial score (nSPS) is 14.6. The molecule has 0 aromatic heterocycles. The van der Waals surface area contributed by atoms with Gasteiger partial charge in [-0.05, 0) is 6.92 Å². The molecule has 0 bridgehead atoms. The van der Waals surface area contributed by atoms with Gasteiger partial charge < -0.3 is 0 Å². The van der Waals surface area contributed by atoms with Gasteiger partial charge in [0.2, 0.25) is 0 Å². The highest BCUT2D eigenvalue weighted by Gasteiger charge is 2.00. The van der Waals surface area contributed by atoms with Crippen molar-refractivity contribution >= 4 is 0 Å². The molecule has 0 saturated heterocycles. The van der Waals surface area contributed by atoms with Crippen molar-refractivity contribution in [1.29, 1.82) is 0 Å². The van der Waals surface area contributed by atoms with E-state index < -0.39 is 11.7 Å². The lowest BCUT2D eigenvalue weighted by molar-refractivity contribution is 0.512. The van der Waals surface area contributed by atoms with Gasteiger partial charge in [-0.25, -0.2) is 8.78 Å². The first-order valence-corrected chi connectivity index (χ1v) is 3.26. The van der Waals surface area contributed by atoms with Crippen LogP contribution in [-0.2, 0) is 0 Å². The smallest absolute Gasteiger partial charge is 0.121 e. The van der Waals surface area contributed by atoms with E-state index in [9.17, 15) is 8.78 Å². The molecule has 0 amide bonds. The Kier molecular flexibility index (Phi) is 3.93. The quantitative estimate of drug-likeness (QED) is 0.524. The zero-order valence-corrected chi connectivity index (χ0v) is 6.49. The molecule has 0 aliphatic heterocycles. The molecule has 0 atom stereocenters. The Morgan fingerprint density at radius 1 is 1.30 bits per heavy atom. The standard InChI is InChI=1S/C8H12F2/c1-4-7(9)5-8(10)6(2)3/h4-6H,1-3H3/b7-4+,8-5+. The average Bonchev–Trinajstić information content (AvgIpc) is 1.87. The van der Waals surface area contributed by atoms with Crippen LogP contribution in [0.1, 0.15) is 20.8 Å². The van der Waals surface area contributed by atoms with E-state index in [1.807, 2.05) is 0 Å². The van der Waals surface area contributed by atoms with E-state index in [-0.39, 0.29) is 5.92 Å². The summed E-state index contributed by atoms with van der Waals surface area (Å²) in [6.07, 6.45) is 2.13. The van der Waals surface area contributed by atoms with Gasteiger partial charge in [0.1, 0.15) is 11.7 Å². The van der Waals surface area contributed by atoms with Crippen LogP contribution in [0.5, 0.6) is 0 Å². The summed E-state index contributed by atoms with van der Waals surface area (Å²) < 4.78 is 24.8. The maximum absolute atomic E-state index is 12.5. The summed E-state index contributed by atoms with van der Waals surface area (Å²) >= 11 is 0. The lowest BCUT2D eigenvalue weighted by Gasteiger charge is -1.97. The zero-order valence-electron chi connectivity index (χ0n) is 6.49. The SMILES string of the molecule is C/C=C(F)\C=C(\F)C(C)C. The lowest BCUT2D eigenvalue weighted by atomic mass is 10.2. The fourth-order valence-corrected chi connectivity index (χ4v) is 0.382. The summed E-state index contributed by atoms with van der Waals surface area (Å²) in [5, 5.41) is 0. The van der Waals surface area contributed by atoms with Crippen LogP contribution in [0.15, 0.2) is 23.8 Å². The van der Waals surface area contributed by atoms with Crippen LogP contribution in [0.2, 0.25) is 0 Å². The van der Waals surface area contributed by atoms with E-state index >= 15 is 0 Å². The Bertz CT molecular complexity index is 155. The highest BCUT2D eigenvalue weighted by atomic mass is 19.1. The minimum Gasteiger partial charge on any atom is -0.211 e. The molecule has 0 rings (SSSR count). The average molecular weight is 146 g/mol. The van der Waals surface area contributed by atoms with Crippen molar-refractivity contribution in [3.05, 3.63) is 23.8 Å². The molecule has 0 N–H and O–H groups in total. The minimum atomic E-state index is -0.522. The molecule has 0 spiro atoms. The molecule has 0 radical (unpaired) electrons. The molecule has 0 aliphatic rings. The lowest BCUT2D eigenvalue weighted by Crippen LogP contribution is -1.86.